The molecule has 0 unspecified atom stereocenters. The van der Waals surface area contributed by atoms with Gasteiger partial charge in [0.2, 0.25) is 0 Å². The van der Waals surface area contributed by atoms with Crippen molar-refractivity contribution in [3.63, 3.8) is 0 Å². The van der Waals surface area contributed by atoms with Gasteiger partial charge in [-0.2, -0.15) is 5.10 Å². The van der Waals surface area contributed by atoms with Crippen molar-refractivity contribution in [3.05, 3.63) is 0 Å². The van der Waals surface area contributed by atoms with Crippen molar-refractivity contribution in [2.45, 2.75) is 27.7 Å². The van der Waals surface area contributed by atoms with Crippen molar-refractivity contribution < 1.29 is 4.79 Å². The number of hydrogen-bond donors (Lipinski definition) is 2. The van der Waals surface area contributed by atoms with Crippen LogP contribution >= 0.6 is 12.2 Å². The van der Waals surface area contributed by atoms with E-state index in [-0.39, 0.29) is 5.78 Å². The second-order valence-electron chi connectivity index (χ2n) is 3.65. The van der Waals surface area contributed by atoms with E-state index in [9.17, 15) is 4.79 Å². The normalized spacial score (nSPS) is 11.5. The van der Waals surface area contributed by atoms with Gasteiger partial charge in [-0.15, -0.1) is 0 Å². The largest absolute Gasteiger partial charge is 0.360 e. The van der Waals surface area contributed by atoms with E-state index in [2.05, 4.69) is 34.6 Å². The molecule has 0 saturated carbocycles. The minimum absolute atomic E-state index is 0.0663. The summed E-state index contributed by atoms with van der Waals surface area (Å²) in [4.78, 5) is 13.2. The molecular weight excluding hydrogens is 236 g/mol. The molecule has 0 amide bonds. The monoisotopic (exact) mass is 258 g/mol. The van der Waals surface area contributed by atoms with Crippen molar-refractivity contribution in [1.29, 1.82) is 0 Å². The molecule has 0 aromatic heterocycles. The average molecular weight is 258 g/mol. The van der Waals surface area contributed by atoms with E-state index >= 15 is 0 Å². The molecular formula is C11H22N4OS. The third-order valence-corrected chi connectivity index (χ3v) is 2.68. The number of Topliss-reactive ketones (excluding diaryl/α,β-unsaturated/α-hetero) is 1. The van der Waals surface area contributed by atoms with Crippen molar-refractivity contribution in [2.24, 2.45) is 5.10 Å². The lowest BCUT2D eigenvalue weighted by molar-refractivity contribution is -0.111. The molecule has 0 bridgehead atoms. The van der Waals surface area contributed by atoms with Gasteiger partial charge in [-0.25, -0.2) is 0 Å². The Hall–Kier alpha value is -1.01. The maximum Gasteiger partial charge on any atom is 0.187 e. The maximum atomic E-state index is 10.9. The molecule has 0 rings (SSSR count). The summed E-state index contributed by atoms with van der Waals surface area (Å²) in [5.74, 6) is -0.0663. The van der Waals surface area contributed by atoms with Crippen molar-refractivity contribution in [3.8, 4) is 0 Å². The summed E-state index contributed by atoms with van der Waals surface area (Å²) < 4.78 is 0. The molecule has 0 saturated heterocycles. The van der Waals surface area contributed by atoms with E-state index in [1.807, 2.05) is 0 Å². The van der Waals surface area contributed by atoms with Gasteiger partial charge < -0.3 is 10.2 Å². The number of nitrogens with zero attached hydrogens (tertiary/aromatic N) is 2. The van der Waals surface area contributed by atoms with Crippen LogP contribution in [0.1, 0.15) is 27.7 Å². The molecule has 0 radical (unpaired) electrons. The zero-order valence-electron chi connectivity index (χ0n) is 11.0. The van der Waals surface area contributed by atoms with Gasteiger partial charge in [-0.1, -0.05) is 13.8 Å². The third-order valence-electron chi connectivity index (χ3n) is 2.44. The molecule has 0 atom stereocenters. The Bertz CT molecular complexity index is 287. The van der Waals surface area contributed by atoms with Gasteiger partial charge in [0.1, 0.15) is 5.71 Å². The summed E-state index contributed by atoms with van der Waals surface area (Å²) in [5, 5.41) is 7.34. The molecule has 0 aromatic carbocycles. The minimum Gasteiger partial charge on any atom is -0.360 e. The fourth-order valence-corrected chi connectivity index (χ4v) is 1.27. The van der Waals surface area contributed by atoms with Gasteiger partial charge >= 0.3 is 0 Å². The first kappa shape index (κ1) is 16.0. The van der Waals surface area contributed by atoms with Crippen LogP contribution in [0.2, 0.25) is 0 Å². The highest BCUT2D eigenvalue weighted by atomic mass is 32.1. The third kappa shape index (κ3) is 7.82. The zero-order chi connectivity index (χ0) is 13.3. The lowest BCUT2D eigenvalue weighted by atomic mass is 10.3. The lowest BCUT2D eigenvalue weighted by Gasteiger charge is -2.18. The molecule has 0 spiro atoms. The average Bonchev–Trinajstić information content (AvgIpc) is 2.31. The highest BCUT2D eigenvalue weighted by Crippen LogP contribution is 1.84. The number of hydrazone groups is 1. The Morgan fingerprint density at radius 3 is 2.35 bits per heavy atom. The van der Waals surface area contributed by atoms with Gasteiger partial charge in [0.25, 0.3) is 0 Å². The summed E-state index contributed by atoms with van der Waals surface area (Å²) in [6, 6.07) is 0. The van der Waals surface area contributed by atoms with E-state index in [1.165, 1.54) is 6.92 Å². The number of nitrogens with one attached hydrogen (secondary N) is 2. The molecule has 17 heavy (non-hydrogen) atoms. The molecule has 0 aromatic rings. The van der Waals surface area contributed by atoms with Gasteiger partial charge in [-0.05, 0) is 32.2 Å². The number of hydrogen-bond acceptors (Lipinski definition) is 4. The molecule has 0 aliphatic heterocycles. The van der Waals surface area contributed by atoms with Crippen LogP contribution in [0.5, 0.6) is 0 Å². The molecule has 98 valence electrons. The van der Waals surface area contributed by atoms with Crippen molar-refractivity contribution in [1.82, 2.24) is 15.6 Å². The van der Waals surface area contributed by atoms with Crippen LogP contribution in [-0.2, 0) is 4.79 Å². The van der Waals surface area contributed by atoms with Crippen LogP contribution in [0.15, 0.2) is 5.10 Å². The maximum absolute atomic E-state index is 10.9. The van der Waals surface area contributed by atoms with Crippen LogP contribution < -0.4 is 10.7 Å². The van der Waals surface area contributed by atoms with Gasteiger partial charge in [0, 0.05) is 20.0 Å². The predicted octanol–water partition coefficient (Wildman–Crippen LogP) is 0.757. The molecule has 0 fully saturated rings. The molecule has 0 aliphatic carbocycles. The molecule has 5 nitrogen and oxygen atoms in total. The Labute approximate surface area is 109 Å². The fourth-order valence-electron chi connectivity index (χ4n) is 1.12. The second kappa shape index (κ2) is 9.07. The Kier molecular flexibility index (Phi) is 8.53. The van der Waals surface area contributed by atoms with E-state index < -0.39 is 0 Å². The van der Waals surface area contributed by atoms with Crippen LogP contribution in [0.3, 0.4) is 0 Å². The summed E-state index contributed by atoms with van der Waals surface area (Å²) in [7, 11) is 0. The van der Waals surface area contributed by atoms with Crippen LogP contribution in [-0.4, -0.2) is 47.7 Å². The van der Waals surface area contributed by atoms with E-state index in [1.54, 1.807) is 6.92 Å². The second-order valence-corrected chi connectivity index (χ2v) is 4.06. The summed E-state index contributed by atoms with van der Waals surface area (Å²) in [5.41, 5.74) is 3.06. The summed E-state index contributed by atoms with van der Waals surface area (Å²) in [6.45, 7) is 11.1. The van der Waals surface area contributed by atoms with E-state index in [0.717, 1.165) is 26.2 Å². The number of carbonyl (C=O) groups excluding carboxylic acids is 1. The number of rotatable bonds is 7. The minimum atomic E-state index is -0.0663. The standard InChI is InChI=1S/C11H22N4OS/c1-5-15(6-2)8-7-12-11(17)14-13-9(3)10(4)16/h5-8H2,1-4H3,(H2,12,14,17). The first-order valence-electron chi connectivity index (χ1n) is 5.82. The van der Waals surface area contributed by atoms with Gasteiger partial charge in [0.05, 0.1) is 0 Å². The quantitative estimate of drug-likeness (QED) is 0.401. The topological polar surface area (TPSA) is 56.7 Å². The highest BCUT2D eigenvalue weighted by molar-refractivity contribution is 7.80. The Morgan fingerprint density at radius 2 is 1.88 bits per heavy atom. The number of carbonyl (C=O) groups is 1. The molecule has 0 heterocycles. The predicted molar refractivity (Wildman–Crippen MR) is 75.3 cm³/mol. The lowest BCUT2D eigenvalue weighted by Crippen LogP contribution is -2.38. The van der Waals surface area contributed by atoms with Crippen LogP contribution in [0.25, 0.3) is 0 Å². The van der Waals surface area contributed by atoms with E-state index in [4.69, 9.17) is 12.2 Å². The number of ketones is 1. The molecule has 2 N–H and O–H groups in total. The molecule has 6 heteroatoms. The number of likely N-dealkylation sites (N-methyl/N-ethyl adjacent to an activating group) is 1. The Balaban J connectivity index is 3.81. The van der Waals surface area contributed by atoms with Crippen molar-refractivity contribution >= 4 is 28.8 Å². The van der Waals surface area contributed by atoms with E-state index in [0.29, 0.717) is 10.8 Å². The number of thiocarbonyl (C=S) groups is 1. The van der Waals surface area contributed by atoms with Crippen LogP contribution in [0.4, 0.5) is 0 Å². The Morgan fingerprint density at radius 1 is 1.29 bits per heavy atom. The van der Waals surface area contributed by atoms with Crippen LogP contribution in [0, 0.1) is 0 Å². The van der Waals surface area contributed by atoms with Gasteiger partial charge in [0.15, 0.2) is 10.9 Å². The summed E-state index contributed by atoms with van der Waals surface area (Å²) in [6.07, 6.45) is 0. The first-order valence-corrected chi connectivity index (χ1v) is 6.23. The smallest absolute Gasteiger partial charge is 0.187 e. The zero-order valence-corrected chi connectivity index (χ0v) is 11.9. The first-order chi connectivity index (χ1) is 8.01. The molecule has 0 aliphatic rings. The van der Waals surface area contributed by atoms with Gasteiger partial charge in [-0.3, -0.25) is 10.2 Å². The summed E-state index contributed by atoms with van der Waals surface area (Å²) >= 11 is 5.02. The van der Waals surface area contributed by atoms with Crippen molar-refractivity contribution in [2.75, 3.05) is 26.2 Å². The highest BCUT2D eigenvalue weighted by Gasteiger charge is 2.00. The fraction of sp³-hybridized carbons (Fsp3) is 0.727. The SMILES string of the molecule is CCN(CC)CCNC(=S)NN=C(C)C(C)=O.